The molecule has 0 radical (unpaired) electrons. The Balaban J connectivity index is 2.20. The molecule has 1 heterocycles. The van der Waals surface area contributed by atoms with Gasteiger partial charge in [0.1, 0.15) is 6.04 Å². The molecule has 2 atom stereocenters. The number of benzene rings is 1. The highest BCUT2D eigenvalue weighted by Crippen LogP contribution is 2.31. The summed E-state index contributed by atoms with van der Waals surface area (Å²) in [6.45, 7) is 4.62. The predicted octanol–water partition coefficient (Wildman–Crippen LogP) is 4.38. The van der Waals surface area contributed by atoms with E-state index < -0.39 is 6.04 Å². The highest BCUT2D eigenvalue weighted by molar-refractivity contribution is 6.39. The van der Waals surface area contributed by atoms with E-state index in [4.69, 9.17) is 39.5 Å². The second kappa shape index (κ2) is 8.41. The molecule has 2 rings (SSSR count). The summed E-state index contributed by atoms with van der Waals surface area (Å²) in [4.78, 5) is 26.5. The third kappa shape index (κ3) is 4.56. The summed E-state index contributed by atoms with van der Waals surface area (Å²) in [7, 11) is 0. The number of hydrogen-bond acceptors (Lipinski definition) is 3. The van der Waals surface area contributed by atoms with Gasteiger partial charge in [-0.15, -0.1) is 0 Å². The van der Waals surface area contributed by atoms with Crippen LogP contribution in [0.2, 0.25) is 15.1 Å². The van der Waals surface area contributed by atoms with Crippen LogP contribution in [-0.4, -0.2) is 36.0 Å². The minimum atomic E-state index is -0.543. The van der Waals surface area contributed by atoms with Crippen molar-refractivity contribution in [3.8, 4) is 0 Å². The van der Waals surface area contributed by atoms with E-state index in [-0.39, 0.29) is 18.3 Å². The average Bonchev–Trinajstić information content (AvgIpc) is 2.50. The number of rotatable bonds is 4. The second-order valence-electron chi connectivity index (χ2n) is 6.02. The standard InChI is InChI=1S/C17H20Cl3NO3/c1-3-24-17(23)15-5-4-10(2)9-21(15)16(22)8-12-13(19)6-11(18)7-14(12)20/h6-7,10,15H,3-5,8-9H2,1-2H3. The number of nitrogens with zero attached hydrogens (tertiary/aromatic N) is 1. The smallest absolute Gasteiger partial charge is 0.328 e. The van der Waals surface area contributed by atoms with Crippen LogP contribution in [0.5, 0.6) is 0 Å². The zero-order valence-electron chi connectivity index (χ0n) is 13.7. The number of carbonyl (C=O) groups is 2. The van der Waals surface area contributed by atoms with E-state index in [1.54, 1.807) is 24.0 Å². The van der Waals surface area contributed by atoms with E-state index in [1.807, 2.05) is 0 Å². The monoisotopic (exact) mass is 391 g/mol. The van der Waals surface area contributed by atoms with Crippen molar-refractivity contribution in [2.24, 2.45) is 5.92 Å². The van der Waals surface area contributed by atoms with Gasteiger partial charge in [-0.2, -0.15) is 0 Å². The molecule has 1 aliphatic heterocycles. The van der Waals surface area contributed by atoms with Gasteiger partial charge < -0.3 is 9.64 Å². The average molecular weight is 393 g/mol. The van der Waals surface area contributed by atoms with Crippen LogP contribution in [0.4, 0.5) is 0 Å². The third-order valence-electron chi connectivity index (χ3n) is 4.13. The molecule has 1 amide bonds. The maximum absolute atomic E-state index is 12.8. The number of hydrogen-bond donors (Lipinski definition) is 0. The fraction of sp³-hybridized carbons (Fsp3) is 0.529. The Morgan fingerprint density at radius 1 is 1.21 bits per heavy atom. The molecule has 0 aliphatic carbocycles. The van der Waals surface area contributed by atoms with E-state index in [9.17, 15) is 9.59 Å². The number of halogens is 3. The molecule has 24 heavy (non-hydrogen) atoms. The van der Waals surface area contributed by atoms with Gasteiger partial charge in [-0.25, -0.2) is 4.79 Å². The Morgan fingerprint density at radius 2 is 1.83 bits per heavy atom. The van der Waals surface area contributed by atoms with Crippen molar-refractivity contribution < 1.29 is 14.3 Å². The fourth-order valence-corrected chi connectivity index (χ4v) is 3.86. The van der Waals surface area contributed by atoms with Gasteiger partial charge in [0, 0.05) is 21.6 Å². The number of ether oxygens (including phenoxy) is 1. The van der Waals surface area contributed by atoms with Crippen LogP contribution in [0.3, 0.4) is 0 Å². The van der Waals surface area contributed by atoms with E-state index in [0.717, 1.165) is 6.42 Å². The number of amides is 1. The van der Waals surface area contributed by atoms with Crippen LogP contribution in [0.15, 0.2) is 12.1 Å². The van der Waals surface area contributed by atoms with Crippen LogP contribution >= 0.6 is 34.8 Å². The first kappa shape index (κ1) is 19.4. The molecule has 0 spiro atoms. The molecule has 1 aliphatic rings. The van der Waals surface area contributed by atoms with Crippen LogP contribution in [0.25, 0.3) is 0 Å². The summed E-state index contributed by atoms with van der Waals surface area (Å²) >= 11 is 18.2. The van der Waals surface area contributed by atoms with Gasteiger partial charge in [0.25, 0.3) is 0 Å². The van der Waals surface area contributed by atoms with Gasteiger partial charge in [0.15, 0.2) is 0 Å². The summed E-state index contributed by atoms with van der Waals surface area (Å²) < 4.78 is 5.11. The van der Waals surface area contributed by atoms with Gasteiger partial charge in [-0.3, -0.25) is 4.79 Å². The maximum atomic E-state index is 12.8. The van der Waals surface area contributed by atoms with Crippen LogP contribution in [0.1, 0.15) is 32.3 Å². The minimum Gasteiger partial charge on any atom is -0.464 e. The SMILES string of the molecule is CCOC(=O)C1CCC(C)CN1C(=O)Cc1c(Cl)cc(Cl)cc1Cl. The molecular weight excluding hydrogens is 373 g/mol. The summed E-state index contributed by atoms with van der Waals surface area (Å²) in [5.41, 5.74) is 0.522. The summed E-state index contributed by atoms with van der Waals surface area (Å²) in [6.07, 6.45) is 1.51. The number of likely N-dealkylation sites (tertiary alicyclic amines) is 1. The predicted molar refractivity (Wildman–Crippen MR) is 95.7 cm³/mol. The van der Waals surface area contributed by atoms with Crippen molar-refractivity contribution in [2.75, 3.05) is 13.2 Å². The molecule has 2 unspecified atom stereocenters. The normalized spacial score (nSPS) is 20.8. The largest absolute Gasteiger partial charge is 0.464 e. The molecule has 0 bridgehead atoms. The van der Waals surface area contributed by atoms with Crippen molar-refractivity contribution >= 4 is 46.7 Å². The molecule has 0 saturated carbocycles. The van der Waals surface area contributed by atoms with Gasteiger partial charge >= 0.3 is 5.97 Å². The lowest BCUT2D eigenvalue weighted by Crippen LogP contribution is -2.51. The quantitative estimate of drug-likeness (QED) is 0.714. The molecule has 7 heteroatoms. The number of piperidine rings is 1. The van der Waals surface area contributed by atoms with E-state index >= 15 is 0 Å². The third-order valence-corrected chi connectivity index (χ3v) is 5.02. The molecule has 1 fully saturated rings. The lowest BCUT2D eigenvalue weighted by atomic mass is 9.93. The molecule has 0 N–H and O–H groups in total. The zero-order chi connectivity index (χ0) is 17.9. The lowest BCUT2D eigenvalue weighted by Gasteiger charge is -2.37. The van der Waals surface area contributed by atoms with Crippen LogP contribution in [0, 0.1) is 5.92 Å². The molecule has 1 saturated heterocycles. The van der Waals surface area contributed by atoms with Crippen molar-refractivity contribution in [1.29, 1.82) is 0 Å². The molecule has 1 aromatic carbocycles. The fourth-order valence-electron chi connectivity index (χ4n) is 2.91. The first-order chi connectivity index (χ1) is 11.3. The zero-order valence-corrected chi connectivity index (χ0v) is 15.9. The minimum absolute atomic E-state index is 0.0253. The van der Waals surface area contributed by atoms with Gasteiger partial charge in [0.05, 0.1) is 13.0 Å². The van der Waals surface area contributed by atoms with Crippen LogP contribution in [-0.2, 0) is 20.7 Å². The summed E-state index contributed by atoms with van der Waals surface area (Å²) in [5.74, 6) is -0.215. The molecular formula is C17H20Cl3NO3. The first-order valence-corrected chi connectivity index (χ1v) is 9.06. The molecule has 132 valence electrons. The highest BCUT2D eigenvalue weighted by Gasteiger charge is 2.35. The van der Waals surface area contributed by atoms with Crippen molar-refractivity contribution in [2.45, 2.75) is 39.2 Å². The number of carbonyl (C=O) groups excluding carboxylic acids is 2. The summed E-state index contributed by atoms with van der Waals surface area (Å²) in [5, 5.41) is 1.11. The van der Waals surface area contributed by atoms with Crippen molar-refractivity contribution in [3.63, 3.8) is 0 Å². The Bertz CT molecular complexity index is 613. The number of esters is 1. The molecule has 4 nitrogen and oxygen atoms in total. The highest BCUT2D eigenvalue weighted by atomic mass is 35.5. The van der Waals surface area contributed by atoms with E-state index in [0.29, 0.717) is 46.1 Å². The Hall–Kier alpha value is -0.970. The van der Waals surface area contributed by atoms with Crippen molar-refractivity contribution in [1.82, 2.24) is 4.90 Å². The Kier molecular flexibility index (Phi) is 6.79. The van der Waals surface area contributed by atoms with E-state index in [2.05, 4.69) is 6.92 Å². The molecule has 0 aromatic heterocycles. The summed E-state index contributed by atoms with van der Waals surface area (Å²) in [6, 6.07) is 2.57. The maximum Gasteiger partial charge on any atom is 0.328 e. The lowest BCUT2D eigenvalue weighted by molar-refractivity contribution is -0.157. The van der Waals surface area contributed by atoms with Crippen LogP contribution < -0.4 is 0 Å². The van der Waals surface area contributed by atoms with Gasteiger partial charge in [0.2, 0.25) is 5.91 Å². The Labute approximate surface area is 157 Å². The van der Waals surface area contributed by atoms with Crippen molar-refractivity contribution in [3.05, 3.63) is 32.8 Å². The second-order valence-corrected chi connectivity index (χ2v) is 7.27. The van der Waals surface area contributed by atoms with Gasteiger partial charge in [-0.1, -0.05) is 41.7 Å². The first-order valence-electron chi connectivity index (χ1n) is 7.93. The topological polar surface area (TPSA) is 46.6 Å². The molecule has 1 aromatic rings. The van der Waals surface area contributed by atoms with Gasteiger partial charge in [-0.05, 0) is 43.4 Å². The van der Waals surface area contributed by atoms with E-state index in [1.165, 1.54) is 0 Å². The Morgan fingerprint density at radius 3 is 2.42 bits per heavy atom.